The first kappa shape index (κ1) is 16.5. The van der Waals surface area contributed by atoms with Crippen molar-refractivity contribution in [3.8, 4) is 0 Å². The number of rotatable bonds is 3. The molecular weight excluding hydrogens is 311 g/mol. The van der Waals surface area contributed by atoms with Crippen LogP contribution in [-0.4, -0.2) is 43.0 Å². The molecule has 2 aliphatic rings. The largest absolute Gasteiger partial charge is 0.550 e. The third kappa shape index (κ3) is 3.42. The number of carbonyl (C=O) groups excluding carboxylic acids is 2. The number of piperazine rings is 1. The Hall–Kier alpha value is -2.37. The lowest BCUT2D eigenvalue weighted by Crippen LogP contribution is -2.52. The minimum atomic E-state index is -1.15. The van der Waals surface area contributed by atoms with E-state index in [0.717, 1.165) is 5.69 Å². The van der Waals surface area contributed by atoms with Gasteiger partial charge in [-0.25, -0.2) is 4.39 Å². The minimum Gasteiger partial charge on any atom is -0.550 e. The smallest absolute Gasteiger partial charge is 0.226 e. The van der Waals surface area contributed by atoms with Crippen LogP contribution in [0.1, 0.15) is 12.8 Å². The van der Waals surface area contributed by atoms with Gasteiger partial charge in [0.25, 0.3) is 0 Å². The van der Waals surface area contributed by atoms with Gasteiger partial charge in [-0.3, -0.25) is 4.79 Å². The molecule has 1 aromatic carbocycles. The van der Waals surface area contributed by atoms with Crippen LogP contribution in [0.25, 0.3) is 0 Å². The highest BCUT2D eigenvalue weighted by atomic mass is 19.1. The van der Waals surface area contributed by atoms with E-state index in [0.29, 0.717) is 39.0 Å². The van der Waals surface area contributed by atoms with Crippen LogP contribution in [0.15, 0.2) is 36.4 Å². The second-order valence-electron chi connectivity index (χ2n) is 6.26. The first-order valence-electron chi connectivity index (χ1n) is 8.21. The molecule has 2 atom stereocenters. The predicted molar refractivity (Wildman–Crippen MR) is 85.6 cm³/mol. The molecule has 1 saturated heterocycles. The number of aliphatic carboxylic acids is 1. The summed E-state index contributed by atoms with van der Waals surface area (Å²) < 4.78 is 13.0. The second-order valence-corrected chi connectivity index (χ2v) is 6.26. The monoisotopic (exact) mass is 331 g/mol. The number of carboxylic acids is 1. The van der Waals surface area contributed by atoms with Crippen LogP contribution in [-0.2, 0) is 9.59 Å². The van der Waals surface area contributed by atoms with Crippen molar-refractivity contribution in [2.45, 2.75) is 12.8 Å². The van der Waals surface area contributed by atoms with E-state index in [9.17, 15) is 19.1 Å². The lowest BCUT2D eigenvalue weighted by molar-refractivity contribution is -0.313. The maximum atomic E-state index is 13.0. The van der Waals surface area contributed by atoms with Gasteiger partial charge in [-0.1, -0.05) is 12.2 Å². The van der Waals surface area contributed by atoms with Crippen LogP contribution in [0.3, 0.4) is 0 Å². The fourth-order valence-electron chi connectivity index (χ4n) is 3.42. The molecule has 128 valence electrons. The molecule has 5 nitrogen and oxygen atoms in total. The Bertz CT molecular complexity index is 636. The zero-order valence-electron chi connectivity index (χ0n) is 13.4. The number of halogens is 1. The summed E-state index contributed by atoms with van der Waals surface area (Å²) in [6, 6.07) is 6.30. The van der Waals surface area contributed by atoms with Crippen molar-refractivity contribution in [3.63, 3.8) is 0 Å². The highest BCUT2D eigenvalue weighted by molar-refractivity contribution is 5.85. The summed E-state index contributed by atoms with van der Waals surface area (Å²) in [5.74, 6) is -2.80. The third-order valence-electron chi connectivity index (χ3n) is 4.84. The Kier molecular flexibility index (Phi) is 4.83. The van der Waals surface area contributed by atoms with Crippen LogP contribution >= 0.6 is 0 Å². The molecule has 0 radical (unpaired) electrons. The second kappa shape index (κ2) is 7.03. The molecule has 1 heterocycles. The van der Waals surface area contributed by atoms with E-state index in [4.69, 9.17) is 0 Å². The number of nitrogens with zero attached hydrogens (tertiary/aromatic N) is 2. The topological polar surface area (TPSA) is 63.7 Å². The lowest BCUT2D eigenvalue weighted by atomic mass is 9.82. The van der Waals surface area contributed by atoms with Gasteiger partial charge in [0, 0.05) is 49.7 Å². The van der Waals surface area contributed by atoms with E-state index >= 15 is 0 Å². The number of hydrogen-bond donors (Lipinski definition) is 0. The Morgan fingerprint density at radius 3 is 2.12 bits per heavy atom. The van der Waals surface area contributed by atoms with Gasteiger partial charge in [-0.2, -0.15) is 0 Å². The van der Waals surface area contributed by atoms with Crippen LogP contribution in [0.2, 0.25) is 0 Å². The minimum absolute atomic E-state index is 0.104. The van der Waals surface area contributed by atoms with Crippen LogP contribution in [0, 0.1) is 17.7 Å². The molecule has 1 aliphatic heterocycles. The molecular formula is C18H20FN2O3-. The molecule has 0 N–H and O–H groups in total. The first-order valence-corrected chi connectivity index (χ1v) is 8.21. The van der Waals surface area contributed by atoms with Crippen LogP contribution in [0.4, 0.5) is 10.1 Å². The van der Waals surface area contributed by atoms with Gasteiger partial charge in [-0.15, -0.1) is 0 Å². The zero-order chi connectivity index (χ0) is 17.1. The van der Waals surface area contributed by atoms with Crippen molar-refractivity contribution < 1.29 is 19.1 Å². The average Bonchev–Trinajstić information content (AvgIpc) is 2.62. The third-order valence-corrected chi connectivity index (χ3v) is 4.84. The van der Waals surface area contributed by atoms with Crippen molar-refractivity contribution >= 4 is 17.6 Å². The number of carboxylic acid groups (broad SMARTS) is 1. The van der Waals surface area contributed by atoms with E-state index < -0.39 is 17.8 Å². The lowest BCUT2D eigenvalue weighted by Gasteiger charge is -2.39. The number of benzene rings is 1. The molecule has 1 aromatic rings. The standard InChI is InChI=1S/C18H21FN2O3/c19-13-5-7-14(8-6-13)20-9-11-21(12-10-20)17(22)15-3-1-2-4-16(15)18(23)24/h1-2,5-8,15-16H,3-4,9-12H2,(H,23,24)/p-1/t15-,16+/m0/s1. The highest BCUT2D eigenvalue weighted by Gasteiger charge is 2.34. The summed E-state index contributed by atoms with van der Waals surface area (Å²) in [5.41, 5.74) is 0.928. The van der Waals surface area contributed by atoms with Gasteiger partial charge >= 0.3 is 0 Å². The number of anilines is 1. The summed E-state index contributed by atoms with van der Waals surface area (Å²) in [5, 5.41) is 11.3. The molecule has 1 amide bonds. The van der Waals surface area contributed by atoms with Crippen molar-refractivity contribution in [1.29, 1.82) is 0 Å². The summed E-state index contributed by atoms with van der Waals surface area (Å²) in [6.45, 7) is 2.37. The maximum absolute atomic E-state index is 13.0. The number of hydrogen-bond acceptors (Lipinski definition) is 4. The van der Waals surface area contributed by atoms with E-state index in [1.807, 2.05) is 6.08 Å². The predicted octanol–water partition coefficient (Wildman–Crippen LogP) is 0.807. The maximum Gasteiger partial charge on any atom is 0.226 e. The van der Waals surface area contributed by atoms with Crippen molar-refractivity contribution in [2.75, 3.05) is 31.1 Å². The Morgan fingerprint density at radius 2 is 1.54 bits per heavy atom. The fraction of sp³-hybridized carbons (Fsp3) is 0.444. The Labute approximate surface area is 140 Å². The number of amides is 1. The molecule has 1 fully saturated rings. The molecule has 0 bridgehead atoms. The van der Waals surface area contributed by atoms with Gasteiger partial charge in [0.05, 0.1) is 0 Å². The zero-order valence-corrected chi connectivity index (χ0v) is 13.4. The molecule has 24 heavy (non-hydrogen) atoms. The molecule has 3 rings (SSSR count). The summed E-state index contributed by atoms with van der Waals surface area (Å²) in [7, 11) is 0. The molecule has 0 unspecified atom stereocenters. The van der Waals surface area contributed by atoms with Gasteiger partial charge < -0.3 is 19.7 Å². The fourth-order valence-corrected chi connectivity index (χ4v) is 3.42. The average molecular weight is 331 g/mol. The number of carbonyl (C=O) groups is 2. The highest BCUT2D eigenvalue weighted by Crippen LogP contribution is 2.28. The van der Waals surface area contributed by atoms with E-state index in [1.54, 1.807) is 23.1 Å². The summed E-state index contributed by atoms with van der Waals surface area (Å²) in [4.78, 5) is 27.8. The Morgan fingerprint density at radius 1 is 0.958 bits per heavy atom. The van der Waals surface area contributed by atoms with Gasteiger partial charge in [0.15, 0.2) is 0 Å². The SMILES string of the molecule is O=C([O-])[C@@H]1CC=CC[C@@H]1C(=O)N1CCN(c2ccc(F)cc2)CC1. The van der Waals surface area contributed by atoms with Gasteiger partial charge in [-0.05, 0) is 37.1 Å². The van der Waals surface area contributed by atoms with Crippen molar-refractivity contribution in [1.82, 2.24) is 4.90 Å². The van der Waals surface area contributed by atoms with Gasteiger partial charge in [0.2, 0.25) is 5.91 Å². The van der Waals surface area contributed by atoms with E-state index in [2.05, 4.69) is 4.90 Å². The molecule has 0 aromatic heterocycles. The first-order chi connectivity index (χ1) is 11.6. The molecule has 0 saturated carbocycles. The molecule has 0 spiro atoms. The summed E-state index contributed by atoms with van der Waals surface area (Å²) in [6.07, 6.45) is 4.48. The van der Waals surface area contributed by atoms with Gasteiger partial charge in [0.1, 0.15) is 5.82 Å². The van der Waals surface area contributed by atoms with Crippen LogP contribution < -0.4 is 10.0 Å². The van der Waals surface area contributed by atoms with Crippen LogP contribution in [0.5, 0.6) is 0 Å². The Balaban J connectivity index is 1.61. The van der Waals surface area contributed by atoms with Crippen molar-refractivity contribution in [2.24, 2.45) is 11.8 Å². The number of allylic oxidation sites excluding steroid dienone is 2. The van der Waals surface area contributed by atoms with E-state index in [1.165, 1.54) is 12.1 Å². The van der Waals surface area contributed by atoms with E-state index in [-0.39, 0.29) is 11.7 Å². The molecule has 6 heteroatoms. The normalized spacial score (nSPS) is 24.0. The quantitative estimate of drug-likeness (QED) is 0.769. The summed E-state index contributed by atoms with van der Waals surface area (Å²) >= 11 is 0. The molecule has 1 aliphatic carbocycles. The van der Waals surface area contributed by atoms with Crippen molar-refractivity contribution in [3.05, 3.63) is 42.2 Å².